The van der Waals surface area contributed by atoms with Crippen LogP contribution in [-0.4, -0.2) is 26.0 Å². The molecule has 0 spiro atoms. The number of aryl methyl sites for hydroxylation is 1. The van der Waals surface area contributed by atoms with Crippen molar-refractivity contribution in [2.24, 2.45) is 5.73 Å². The molecule has 4 nitrogen and oxygen atoms in total. The first kappa shape index (κ1) is 15.8. The number of hydrogen-bond donors (Lipinski definition) is 2. The van der Waals surface area contributed by atoms with Gasteiger partial charge >= 0.3 is 0 Å². The van der Waals surface area contributed by atoms with Crippen LogP contribution >= 0.6 is 11.8 Å². The molecule has 0 radical (unpaired) electrons. The summed E-state index contributed by atoms with van der Waals surface area (Å²) in [5, 5.41) is 0.569. The molecule has 1 saturated carbocycles. The van der Waals surface area contributed by atoms with Crippen LogP contribution in [0.3, 0.4) is 0 Å². The van der Waals surface area contributed by atoms with Crippen molar-refractivity contribution < 1.29 is 8.42 Å². The lowest BCUT2D eigenvalue weighted by atomic mass is 10.1. The zero-order valence-corrected chi connectivity index (χ0v) is 13.6. The van der Waals surface area contributed by atoms with Crippen molar-refractivity contribution in [2.75, 3.05) is 6.26 Å². The second kappa shape index (κ2) is 6.47. The van der Waals surface area contributed by atoms with Gasteiger partial charge in [-0.1, -0.05) is 12.1 Å². The van der Waals surface area contributed by atoms with Crippen LogP contribution in [0.4, 0.5) is 0 Å². The van der Waals surface area contributed by atoms with Crippen molar-refractivity contribution in [1.29, 1.82) is 0 Å². The van der Waals surface area contributed by atoms with E-state index in [4.69, 9.17) is 5.73 Å². The average Bonchev–Trinajstić information content (AvgIpc) is 2.86. The van der Waals surface area contributed by atoms with E-state index in [-0.39, 0.29) is 6.04 Å². The topological polar surface area (TPSA) is 72.2 Å². The molecule has 0 amide bonds. The number of sulfonamides is 1. The van der Waals surface area contributed by atoms with Crippen LogP contribution in [0.1, 0.15) is 30.4 Å². The van der Waals surface area contributed by atoms with Crippen molar-refractivity contribution in [1.82, 2.24) is 4.72 Å². The Morgan fingerprint density at radius 1 is 1.40 bits per heavy atom. The monoisotopic (exact) mass is 314 g/mol. The Kier molecular flexibility index (Phi) is 5.12. The lowest BCUT2D eigenvalue weighted by molar-refractivity contribution is 0.552. The Labute approximate surface area is 125 Å². The first-order valence-electron chi connectivity index (χ1n) is 6.81. The van der Waals surface area contributed by atoms with E-state index in [1.54, 1.807) is 6.07 Å². The second-order valence-electron chi connectivity index (χ2n) is 5.29. The molecule has 0 aromatic heterocycles. The minimum absolute atomic E-state index is 0.0541. The summed E-state index contributed by atoms with van der Waals surface area (Å²) in [5.74, 6) is 0. The molecular weight excluding hydrogens is 292 g/mol. The van der Waals surface area contributed by atoms with E-state index in [0.717, 1.165) is 30.4 Å². The second-order valence-corrected chi connectivity index (χ2v) is 8.11. The summed E-state index contributed by atoms with van der Waals surface area (Å²) in [6.07, 6.45) is 4.99. The highest BCUT2D eigenvalue weighted by molar-refractivity contribution is 7.99. The van der Waals surface area contributed by atoms with Crippen LogP contribution in [0.2, 0.25) is 0 Å². The minimum atomic E-state index is -3.45. The van der Waals surface area contributed by atoms with Gasteiger partial charge in [0.2, 0.25) is 10.0 Å². The molecule has 1 aliphatic carbocycles. The lowest BCUT2D eigenvalue weighted by Crippen LogP contribution is -2.33. The molecule has 0 heterocycles. The van der Waals surface area contributed by atoms with Gasteiger partial charge in [-0.05, 0) is 49.6 Å². The summed E-state index contributed by atoms with van der Waals surface area (Å²) in [5.41, 5.74) is 7.19. The molecular formula is C14H22N2O2S2. The van der Waals surface area contributed by atoms with Gasteiger partial charge in [0.1, 0.15) is 0 Å². The smallest absolute Gasteiger partial charge is 0.241 e. The number of nitrogens with one attached hydrogen (secondary N) is 1. The maximum absolute atomic E-state index is 12.5. The SMILES string of the molecule is CSC1CCC(NS(=O)(=O)c2cc(CN)ccc2C)C1. The van der Waals surface area contributed by atoms with Crippen LogP contribution in [0.15, 0.2) is 23.1 Å². The van der Waals surface area contributed by atoms with Gasteiger partial charge in [-0.25, -0.2) is 13.1 Å². The number of hydrogen-bond acceptors (Lipinski definition) is 4. The Morgan fingerprint density at radius 3 is 2.75 bits per heavy atom. The molecule has 2 rings (SSSR count). The molecule has 0 aliphatic heterocycles. The Morgan fingerprint density at radius 2 is 2.15 bits per heavy atom. The van der Waals surface area contributed by atoms with Crippen LogP contribution in [0.5, 0.6) is 0 Å². The fourth-order valence-corrected chi connectivity index (χ4v) is 4.98. The summed E-state index contributed by atoms with van der Waals surface area (Å²) in [6.45, 7) is 2.16. The summed E-state index contributed by atoms with van der Waals surface area (Å²) < 4.78 is 27.9. The van der Waals surface area contributed by atoms with Gasteiger partial charge in [0, 0.05) is 17.8 Å². The Bertz CT molecular complexity index is 573. The maximum atomic E-state index is 12.5. The van der Waals surface area contributed by atoms with Crippen LogP contribution in [-0.2, 0) is 16.6 Å². The molecule has 6 heteroatoms. The first-order valence-corrected chi connectivity index (χ1v) is 9.58. The van der Waals surface area contributed by atoms with Crippen molar-refractivity contribution in [2.45, 2.75) is 48.9 Å². The van der Waals surface area contributed by atoms with Crippen molar-refractivity contribution in [3.05, 3.63) is 29.3 Å². The molecule has 2 unspecified atom stereocenters. The number of thioether (sulfide) groups is 1. The highest BCUT2D eigenvalue weighted by Crippen LogP contribution is 2.29. The summed E-state index contributed by atoms with van der Waals surface area (Å²) in [7, 11) is -3.45. The summed E-state index contributed by atoms with van der Waals surface area (Å²) >= 11 is 1.82. The van der Waals surface area contributed by atoms with E-state index in [0.29, 0.717) is 16.7 Å². The van der Waals surface area contributed by atoms with Gasteiger partial charge in [-0.3, -0.25) is 0 Å². The molecule has 3 N–H and O–H groups in total. The highest BCUT2D eigenvalue weighted by Gasteiger charge is 2.28. The fourth-order valence-electron chi connectivity index (χ4n) is 2.61. The Hall–Kier alpha value is -0.560. The number of benzene rings is 1. The Balaban J connectivity index is 2.18. The van der Waals surface area contributed by atoms with Gasteiger partial charge < -0.3 is 5.73 Å². The number of nitrogens with two attached hydrogens (primary N) is 1. The predicted molar refractivity (Wildman–Crippen MR) is 84.3 cm³/mol. The fraction of sp³-hybridized carbons (Fsp3) is 0.571. The summed E-state index contributed by atoms with van der Waals surface area (Å²) in [4.78, 5) is 0.355. The van der Waals surface area contributed by atoms with Gasteiger partial charge in [-0.15, -0.1) is 0 Å². The van der Waals surface area contributed by atoms with Crippen LogP contribution in [0, 0.1) is 6.92 Å². The van der Waals surface area contributed by atoms with Gasteiger partial charge in [0.25, 0.3) is 0 Å². The van der Waals surface area contributed by atoms with E-state index in [1.165, 1.54) is 0 Å². The molecule has 2 atom stereocenters. The van der Waals surface area contributed by atoms with Gasteiger partial charge in [0.15, 0.2) is 0 Å². The zero-order valence-electron chi connectivity index (χ0n) is 11.9. The predicted octanol–water partition coefficient (Wildman–Crippen LogP) is 2.02. The van der Waals surface area contributed by atoms with Crippen molar-refractivity contribution in [3.63, 3.8) is 0 Å². The van der Waals surface area contributed by atoms with Crippen LogP contribution in [0.25, 0.3) is 0 Å². The van der Waals surface area contributed by atoms with E-state index in [2.05, 4.69) is 11.0 Å². The highest BCUT2D eigenvalue weighted by atomic mass is 32.2. The molecule has 0 bridgehead atoms. The maximum Gasteiger partial charge on any atom is 0.241 e. The first-order chi connectivity index (χ1) is 9.46. The molecule has 1 fully saturated rings. The van der Waals surface area contributed by atoms with Crippen LogP contribution < -0.4 is 10.5 Å². The third kappa shape index (κ3) is 3.55. The van der Waals surface area contributed by atoms with Gasteiger partial charge in [-0.2, -0.15) is 11.8 Å². The van der Waals surface area contributed by atoms with Crippen molar-refractivity contribution in [3.8, 4) is 0 Å². The normalized spacial score (nSPS) is 23.1. The average molecular weight is 314 g/mol. The van der Waals surface area contributed by atoms with E-state index >= 15 is 0 Å². The van der Waals surface area contributed by atoms with Crippen molar-refractivity contribution >= 4 is 21.8 Å². The number of rotatable bonds is 5. The third-order valence-corrected chi connectivity index (χ3v) is 6.57. The molecule has 20 heavy (non-hydrogen) atoms. The third-order valence-electron chi connectivity index (χ3n) is 3.82. The quantitative estimate of drug-likeness (QED) is 0.872. The molecule has 1 aliphatic rings. The molecule has 0 saturated heterocycles. The summed E-state index contributed by atoms with van der Waals surface area (Å²) in [6, 6.07) is 5.42. The lowest BCUT2D eigenvalue weighted by Gasteiger charge is -2.15. The molecule has 1 aromatic rings. The molecule has 1 aromatic carbocycles. The minimum Gasteiger partial charge on any atom is -0.326 e. The van der Waals surface area contributed by atoms with E-state index in [1.807, 2.05) is 30.8 Å². The molecule has 112 valence electrons. The zero-order chi connectivity index (χ0) is 14.8. The van der Waals surface area contributed by atoms with E-state index in [9.17, 15) is 8.42 Å². The standard InChI is InChI=1S/C14H22N2O2S2/c1-10-3-4-11(9-15)7-14(10)20(17,18)16-12-5-6-13(8-12)19-2/h3-4,7,12-13,16H,5-6,8-9,15H2,1-2H3. The van der Waals surface area contributed by atoms with E-state index < -0.39 is 10.0 Å². The van der Waals surface area contributed by atoms with Gasteiger partial charge in [0.05, 0.1) is 4.90 Å². The largest absolute Gasteiger partial charge is 0.326 e.